The van der Waals surface area contributed by atoms with Gasteiger partial charge in [-0.2, -0.15) is 5.26 Å². The van der Waals surface area contributed by atoms with Gasteiger partial charge in [-0.25, -0.2) is 9.18 Å². The molecule has 26 heavy (non-hydrogen) atoms. The highest BCUT2D eigenvalue weighted by Crippen LogP contribution is 2.28. The Hall–Kier alpha value is -3.65. The molecule has 1 N–H and O–H groups in total. The number of carbonyl (C=O) groups is 1. The van der Waals surface area contributed by atoms with Gasteiger partial charge in [0.15, 0.2) is 0 Å². The highest BCUT2D eigenvalue weighted by Gasteiger charge is 2.12. The Kier molecular flexibility index (Phi) is 4.68. The van der Waals surface area contributed by atoms with Crippen LogP contribution in [-0.4, -0.2) is 11.1 Å². The molecule has 0 saturated carbocycles. The van der Waals surface area contributed by atoms with E-state index in [4.69, 9.17) is 9.52 Å². The minimum absolute atomic E-state index is 0.163. The summed E-state index contributed by atoms with van der Waals surface area (Å²) < 4.78 is 19.1. The van der Waals surface area contributed by atoms with Crippen molar-refractivity contribution >= 4 is 17.6 Å². The molecule has 1 heterocycles. The third-order valence-electron chi connectivity index (χ3n) is 3.92. The highest BCUT2D eigenvalue weighted by atomic mass is 19.1. The van der Waals surface area contributed by atoms with Crippen molar-refractivity contribution in [2.75, 3.05) is 0 Å². The van der Waals surface area contributed by atoms with Crippen molar-refractivity contribution in [3.8, 4) is 17.4 Å². The molecule has 0 aliphatic carbocycles. The van der Waals surface area contributed by atoms with Crippen LogP contribution in [0.25, 0.3) is 23.0 Å². The number of nitrogens with zero attached hydrogens (tertiary/aromatic N) is 1. The second-order valence-electron chi connectivity index (χ2n) is 5.72. The van der Waals surface area contributed by atoms with E-state index >= 15 is 0 Å². The van der Waals surface area contributed by atoms with E-state index in [2.05, 4.69) is 0 Å². The lowest BCUT2D eigenvalue weighted by molar-refractivity contribution is 0.0697. The maximum atomic E-state index is 13.4. The molecule has 128 valence electrons. The predicted molar refractivity (Wildman–Crippen MR) is 95.7 cm³/mol. The van der Waals surface area contributed by atoms with Crippen LogP contribution in [0, 0.1) is 24.1 Å². The van der Waals surface area contributed by atoms with Crippen molar-refractivity contribution in [2.45, 2.75) is 6.92 Å². The first-order valence-electron chi connectivity index (χ1n) is 7.80. The van der Waals surface area contributed by atoms with Gasteiger partial charge in [0.1, 0.15) is 17.3 Å². The van der Waals surface area contributed by atoms with E-state index in [1.54, 1.807) is 30.3 Å². The Morgan fingerprint density at radius 3 is 2.65 bits per heavy atom. The Labute approximate surface area is 149 Å². The molecule has 0 unspecified atom stereocenters. The quantitative estimate of drug-likeness (QED) is 0.662. The maximum Gasteiger partial charge on any atom is 0.335 e. The molecule has 0 aliphatic heterocycles. The molecule has 3 rings (SSSR count). The van der Waals surface area contributed by atoms with Gasteiger partial charge in [0.2, 0.25) is 0 Å². The van der Waals surface area contributed by atoms with E-state index < -0.39 is 11.8 Å². The molecule has 0 spiro atoms. The topological polar surface area (TPSA) is 74.2 Å². The number of hydrogen-bond donors (Lipinski definition) is 1. The monoisotopic (exact) mass is 347 g/mol. The third kappa shape index (κ3) is 3.55. The Morgan fingerprint density at radius 1 is 1.15 bits per heavy atom. The Morgan fingerprint density at radius 2 is 1.96 bits per heavy atom. The summed E-state index contributed by atoms with van der Waals surface area (Å²) in [5.74, 6) is -0.532. The number of carboxylic acids is 1. The number of hydrogen-bond acceptors (Lipinski definition) is 3. The van der Waals surface area contributed by atoms with E-state index in [-0.39, 0.29) is 11.1 Å². The van der Waals surface area contributed by atoms with Crippen LogP contribution in [0.4, 0.5) is 4.39 Å². The third-order valence-corrected chi connectivity index (χ3v) is 3.92. The van der Waals surface area contributed by atoms with Crippen molar-refractivity contribution in [3.05, 3.63) is 82.9 Å². The first-order chi connectivity index (χ1) is 12.5. The fourth-order valence-electron chi connectivity index (χ4n) is 2.57. The molecule has 5 heteroatoms. The lowest BCUT2D eigenvalue weighted by Gasteiger charge is -2.04. The zero-order chi connectivity index (χ0) is 18.7. The number of halogens is 1. The smallest absolute Gasteiger partial charge is 0.335 e. The van der Waals surface area contributed by atoms with Crippen LogP contribution in [0.5, 0.6) is 0 Å². The van der Waals surface area contributed by atoms with Gasteiger partial charge < -0.3 is 9.52 Å². The van der Waals surface area contributed by atoms with Crippen LogP contribution in [0.3, 0.4) is 0 Å². The summed E-state index contributed by atoms with van der Waals surface area (Å²) >= 11 is 0. The van der Waals surface area contributed by atoms with E-state index in [1.165, 1.54) is 30.3 Å². The van der Waals surface area contributed by atoms with Gasteiger partial charge in [0.05, 0.1) is 17.2 Å². The second kappa shape index (κ2) is 7.08. The summed E-state index contributed by atoms with van der Waals surface area (Å²) in [6, 6.07) is 16.0. The standard InChI is InChI=1S/C21H14FNO3/c1-13-5-6-15(21(24)25)11-19(13)20-8-7-18(26-20)10-16(12-23)14-3-2-4-17(22)9-14/h2-11H,1H3,(H,24,25)/b16-10-. The number of furan rings is 1. The van der Waals surface area contributed by atoms with Crippen molar-refractivity contribution in [3.63, 3.8) is 0 Å². The molecule has 2 aromatic carbocycles. The SMILES string of the molecule is Cc1ccc(C(=O)O)cc1-c1ccc(/C=C(/C#N)c2cccc(F)c2)o1. The van der Waals surface area contributed by atoms with Gasteiger partial charge in [0.25, 0.3) is 0 Å². The fraction of sp³-hybridized carbons (Fsp3) is 0.0476. The second-order valence-corrected chi connectivity index (χ2v) is 5.72. The molecule has 0 atom stereocenters. The van der Waals surface area contributed by atoms with Gasteiger partial charge in [-0.15, -0.1) is 0 Å². The predicted octanol–water partition coefficient (Wildman–Crippen LogP) is 5.16. The van der Waals surface area contributed by atoms with Gasteiger partial charge >= 0.3 is 5.97 Å². The van der Waals surface area contributed by atoms with E-state index in [1.807, 2.05) is 13.0 Å². The summed E-state index contributed by atoms with van der Waals surface area (Å²) in [5, 5.41) is 18.5. The highest BCUT2D eigenvalue weighted by molar-refractivity contribution is 5.90. The van der Waals surface area contributed by atoms with Gasteiger partial charge in [-0.3, -0.25) is 0 Å². The largest absolute Gasteiger partial charge is 0.478 e. The van der Waals surface area contributed by atoms with Crippen molar-refractivity contribution in [1.82, 2.24) is 0 Å². The molecule has 1 aromatic heterocycles. The van der Waals surface area contributed by atoms with Crippen LogP contribution in [-0.2, 0) is 0 Å². The van der Waals surface area contributed by atoms with Crippen molar-refractivity contribution in [2.24, 2.45) is 0 Å². The maximum absolute atomic E-state index is 13.4. The molecule has 3 aromatic rings. The van der Waals surface area contributed by atoms with Crippen LogP contribution in [0.15, 0.2) is 59.0 Å². The lowest BCUT2D eigenvalue weighted by Crippen LogP contribution is -1.96. The summed E-state index contributed by atoms with van der Waals surface area (Å²) in [7, 11) is 0. The first kappa shape index (κ1) is 17.2. The van der Waals surface area contributed by atoms with Gasteiger partial charge in [-0.1, -0.05) is 18.2 Å². The number of aryl methyl sites for hydroxylation is 1. The molecule has 0 saturated heterocycles. The van der Waals surface area contributed by atoms with Crippen LogP contribution in [0.1, 0.15) is 27.2 Å². The Balaban J connectivity index is 1.99. The Bertz CT molecular complexity index is 1060. The average Bonchev–Trinajstić information content (AvgIpc) is 3.08. The average molecular weight is 347 g/mol. The fourth-order valence-corrected chi connectivity index (χ4v) is 2.57. The van der Waals surface area contributed by atoms with Crippen molar-refractivity contribution < 1.29 is 18.7 Å². The number of allylic oxidation sites excluding steroid dienone is 1. The van der Waals surface area contributed by atoms with E-state index in [0.29, 0.717) is 22.6 Å². The normalized spacial score (nSPS) is 11.2. The van der Waals surface area contributed by atoms with Crippen molar-refractivity contribution in [1.29, 1.82) is 5.26 Å². The van der Waals surface area contributed by atoms with Crippen LogP contribution >= 0.6 is 0 Å². The lowest BCUT2D eigenvalue weighted by atomic mass is 10.0. The van der Waals surface area contributed by atoms with Gasteiger partial charge in [0, 0.05) is 5.56 Å². The van der Waals surface area contributed by atoms with Gasteiger partial charge in [-0.05, 0) is 60.5 Å². The summed E-state index contributed by atoms with van der Waals surface area (Å²) in [4.78, 5) is 11.2. The molecular formula is C21H14FNO3. The molecule has 0 bridgehead atoms. The summed E-state index contributed by atoms with van der Waals surface area (Å²) in [5.41, 5.74) is 2.41. The summed E-state index contributed by atoms with van der Waals surface area (Å²) in [6.07, 6.45) is 1.52. The number of rotatable bonds is 4. The first-order valence-corrected chi connectivity index (χ1v) is 7.80. The number of aromatic carboxylic acids is 1. The number of benzene rings is 2. The molecule has 0 fully saturated rings. The van der Waals surface area contributed by atoms with Crippen LogP contribution in [0.2, 0.25) is 0 Å². The van der Waals surface area contributed by atoms with E-state index in [0.717, 1.165) is 5.56 Å². The minimum atomic E-state index is -1.02. The number of carboxylic acid groups (broad SMARTS) is 1. The summed E-state index contributed by atoms with van der Waals surface area (Å²) in [6.45, 7) is 1.85. The van der Waals surface area contributed by atoms with E-state index in [9.17, 15) is 14.4 Å². The molecule has 4 nitrogen and oxygen atoms in total. The minimum Gasteiger partial charge on any atom is -0.478 e. The van der Waals surface area contributed by atoms with Crippen LogP contribution < -0.4 is 0 Å². The molecule has 0 aliphatic rings. The zero-order valence-electron chi connectivity index (χ0n) is 13.9. The molecule has 0 amide bonds. The molecular weight excluding hydrogens is 333 g/mol. The molecule has 0 radical (unpaired) electrons. The zero-order valence-corrected chi connectivity index (χ0v) is 13.9. The number of nitriles is 1.